The van der Waals surface area contributed by atoms with Crippen LogP contribution in [0.2, 0.25) is 5.02 Å². The molecule has 0 spiro atoms. The Morgan fingerprint density at radius 2 is 1.90 bits per heavy atom. The van der Waals surface area contributed by atoms with E-state index < -0.39 is 11.9 Å². The van der Waals surface area contributed by atoms with Crippen molar-refractivity contribution in [2.75, 3.05) is 18.9 Å². The lowest BCUT2D eigenvalue weighted by molar-refractivity contribution is -0.143. The molecule has 0 aromatic heterocycles. The van der Waals surface area contributed by atoms with E-state index in [0.717, 1.165) is 4.90 Å². The highest BCUT2D eigenvalue weighted by atomic mass is 35.5. The van der Waals surface area contributed by atoms with Crippen molar-refractivity contribution >= 4 is 35.1 Å². The third-order valence-electron chi connectivity index (χ3n) is 2.51. The first-order valence-corrected chi connectivity index (χ1v) is 6.28. The summed E-state index contributed by atoms with van der Waals surface area (Å²) in [6.45, 7) is -0.384. The molecule has 2 N–H and O–H groups in total. The summed E-state index contributed by atoms with van der Waals surface area (Å²) in [6, 6.07) is 6.76. The minimum Gasteiger partial charge on any atom is -0.480 e. The molecule has 7 heteroatoms. The van der Waals surface area contributed by atoms with E-state index in [0.29, 0.717) is 10.7 Å². The first-order valence-electron chi connectivity index (χ1n) is 5.90. The zero-order chi connectivity index (χ0) is 15.1. The van der Waals surface area contributed by atoms with Gasteiger partial charge in [0, 0.05) is 19.9 Å². The normalized spacial score (nSPS) is 9.90. The fourth-order valence-corrected chi connectivity index (χ4v) is 1.66. The first kappa shape index (κ1) is 16.0. The average Bonchev–Trinajstić information content (AvgIpc) is 2.38. The van der Waals surface area contributed by atoms with Crippen LogP contribution in [0.15, 0.2) is 24.3 Å². The number of anilines is 1. The molecule has 1 aromatic rings. The average molecular weight is 299 g/mol. The van der Waals surface area contributed by atoms with E-state index >= 15 is 0 Å². The van der Waals surface area contributed by atoms with Gasteiger partial charge in [0.25, 0.3) is 0 Å². The predicted octanol–water partition coefficient (Wildman–Crippen LogP) is 1.60. The lowest BCUT2D eigenvalue weighted by Gasteiger charge is -2.14. The Labute approximate surface area is 121 Å². The Kier molecular flexibility index (Phi) is 5.99. The molecule has 0 saturated heterocycles. The molecular weight excluding hydrogens is 284 g/mol. The van der Waals surface area contributed by atoms with E-state index in [1.807, 2.05) is 0 Å². The van der Waals surface area contributed by atoms with Crippen LogP contribution in [-0.2, 0) is 14.4 Å². The van der Waals surface area contributed by atoms with Gasteiger partial charge in [-0.15, -0.1) is 0 Å². The molecule has 6 nitrogen and oxygen atoms in total. The summed E-state index contributed by atoms with van der Waals surface area (Å²) in [6.07, 6.45) is -0.0892. The van der Waals surface area contributed by atoms with Crippen LogP contribution in [0.25, 0.3) is 0 Å². The molecule has 0 aliphatic heterocycles. The van der Waals surface area contributed by atoms with Crippen molar-refractivity contribution in [3.63, 3.8) is 0 Å². The summed E-state index contributed by atoms with van der Waals surface area (Å²) in [5.74, 6) is -1.85. The van der Waals surface area contributed by atoms with E-state index in [9.17, 15) is 14.4 Å². The second-order valence-corrected chi connectivity index (χ2v) is 4.58. The standard InChI is InChI=1S/C13H15ClN2O4/c1-16(8-13(19)20)12(18)7-6-11(17)15-10-5-3-2-4-9(10)14/h2-5H,6-8H2,1H3,(H,15,17)(H,19,20). The molecule has 20 heavy (non-hydrogen) atoms. The van der Waals surface area contributed by atoms with Crippen molar-refractivity contribution in [3.05, 3.63) is 29.3 Å². The summed E-state index contributed by atoms with van der Waals surface area (Å²) in [5, 5.41) is 11.5. The predicted molar refractivity (Wildman–Crippen MR) is 74.6 cm³/mol. The Morgan fingerprint density at radius 1 is 1.25 bits per heavy atom. The molecule has 0 aliphatic rings. The zero-order valence-electron chi connectivity index (χ0n) is 10.9. The van der Waals surface area contributed by atoms with Gasteiger partial charge in [-0.2, -0.15) is 0 Å². The third-order valence-corrected chi connectivity index (χ3v) is 2.84. The molecule has 0 fully saturated rings. The Hall–Kier alpha value is -2.08. The van der Waals surface area contributed by atoms with Crippen molar-refractivity contribution in [1.29, 1.82) is 0 Å². The van der Waals surface area contributed by atoms with Gasteiger partial charge in [0.2, 0.25) is 11.8 Å². The largest absolute Gasteiger partial charge is 0.480 e. The van der Waals surface area contributed by atoms with Gasteiger partial charge in [-0.25, -0.2) is 0 Å². The van der Waals surface area contributed by atoms with E-state index in [-0.39, 0.29) is 25.3 Å². The van der Waals surface area contributed by atoms with Gasteiger partial charge in [0.15, 0.2) is 0 Å². The molecule has 2 amide bonds. The SMILES string of the molecule is CN(CC(=O)O)C(=O)CCC(=O)Nc1ccccc1Cl. The number of carbonyl (C=O) groups is 3. The maximum Gasteiger partial charge on any atom is 0.323 e. The lowest BCUT2D eigenvalue weighted by atomic mass is 10.2. The second kappa shape index (κ2) is 7.49. The number of likely N-dealkylation sites (N-methyl/N-ethyl adjacent to an activating group) is 1. The summed E-state index contributed by atoms with van der Waals surface area (Å²) < 4.78 is 0. The number of hydrogen-bond acceptors (Lipinski definition) is 3. The smallest absolute Gasteiger partial charge is 0.323 e. The number of nitrogens with zero attached hydrogens (tertiary/aromatic N) is 1. The molecule has 0 atom stereocenters. The van der Waals surface area contributed by atoms with Crippen LogP contribution >= 0.6 is 11.6 Å². The van der Waals surface area contributed by atoms with E-state index in [1.54, 1.807) is 24.3 Å². The highest BCUT2D eigenvalue weighted by molar-refractivity contribution is 6.33. The quantitative estimate of drug-likeness (QED) is 0.835. The van der Waals surface area contributed by atoms with Gasteiger partial charge in [0.05, 0.1) is 10.7 Å². The minimum atomic E-state index is -1.10. The molecular formula is C13H15ClN2O4. The van der Waals surface area contributed by atoms with Crippen LogP contribution in [0.1, 0.15) is 12.8 Å². The zero-order valence-corrected chi connectivity index (χ0v) is 11.7. The van der Waals surface area contributed by atoms with Crippen molar-refractivity contribution < 1.29 is 19.5 Å². The fourth-order valence-electron chi connectivity index (χ4n) is 1.48. The van der Waals surface area contributed by atoms with E-state index in [4.69, 9.17) is 16.7 Å². The number of halogens is 1. The molecule has 0 unspecified atom stereocenters. The van der Waals surface area contributed by atoms with Crippen LogP contribution in [0, 0.1) is 0 Å². The van der Waals surface area contributed by atoms with Crippen LogP contribution in [0.3, 0.4) is 0 Å². The number of carboxylic acids is 1. The third kappa shape index (κ3) is 5.27. The molecule has 0 bridgehead atoms. The number of amides is 2. The lowest BCUT2D eigenvalue weighted by Crippen LogP contribution is -2.32. The monoisotopic (exact) mass is 298 g/mol. The highest BCUT2D eigenvalue weighted by Gasteiger charge is 2.14. The highest BCUT2D eigenvalue weighted by Crippen LogP contribution is 2.20. The van der Waals surface area contributed by atoms with Gasteiger partial charge in [-0.05, 0) is 12.1 Å². The summed E-state index contributed by atoms with van der Waals surface area (Å²) >= 11 is 5.88. The van der Waals surface area contributed by atoms with Crippen LogP contribution in [0.4, 0.5) is 5.69 Å². The first-order chi connectivity index (χ1) is 9.40. The van der Waals surface area contributed by atoms with Crippen LogP contribution in [0.5, 0.6) is 0 Å². The van der Waals surface area contributed by atoms with Gasteiger partial charge in [-0.1, -0.05) is 23.7 Å². The number of nitrogens with one attached hydrogen (secondary N) is 1. The van der Waals surface area contributed by atoms with Crippen LogP contribution in [-0.4, -0.2) is 41.4 Å². The molecule has 1 aromatic carbocycles. The Bertz CT molecular complexity index is 519. The number of rotatable bonds is 6. The number of aliphatic carboxylic acids is 1. The molecule has 1 rings (SSSR count). The summed E-state index contributed by atoms with van der Waals surface area (Å²) in [4.78, 5) is 34.7. The topological polar surface area (TPSA) is 86.7 Å². The van der Waals surface area contributed by atoms with Gasteiger partial charge >= 0.3 is 5.97 Å². The fraction of sp³-hybridized carbons (Fsp3) is 0.308. The second-order valence-electron chi connectivity index (χ2n) is 4.17. The number of carbonyl (C=O) groups excluding carboxylic acids is 2. The Morgan fingerprint density at radius 3 is 2.50 bits per heavy atom. The minimum absolute atomic E-state index is 0.0337. The Balaban J connectivity index is 2.42. The van der Waals surface area contributed by atoms with Gasteiger partial charge in [0.1, 0.15) is 6.54 Å². The van der Waals surface area contributed by atoms with Crippen molar-refractivity contribution in [1.82, 2.24) is 4.90 Å². The number of benzene rings is 1. The molecule has 0 saturated carbocycles. The van der Waals surface area contributed by atoms with E-state index in [2.05, 4.69) is 5.32 Å². The maximum absolute atomic E-state index is 11.7. The summed E-state index contributed by atoms with van der Waals surface area (Å²) in [5.41, 5.74) is 0.477. The van der Waals surface area contributed by atoms with Crippen LogP contribution < -0.4 is 5.32 Å². The van der Waals surface area contributed by atoms with E-state index in [1.165, 1.54) is 7.05 Å². The molecule has 0 heterocycles. The van der Waals surface area contributed by atoms with Crippen molar-refractivity contribution in [2.45, 2.75) is 12.8 Å². The molecule has 108 valence electrons. The maximum atomic E-state index is 11.7. The number of carboxylic acid groups (broad SMARTS) is 1. The summed E-state index contributed by atoms with van der Waals surface area (Å²) in [7, 11) is 1.38. The number of para-hydroxylation sites is 1. The van der Waals surface area contributed by atoms with Crippen molar-refractivity contribution in [2.24, 2.45) is 0 Å². The van der Waals surface area contributed by atoms with Gasteiger partial charge in [-0.3, -0.25) is 14.4 Å². The van der Waals surface area contributed by atoms with Gasteiger partial charge < -0.3 is 15.3 Å². The van der Waals surface area contributed by atoms with Crippen molar-refractivity contribution in [3.8, 4) is 0 Å². The number of hydrogen-bond donors (Lipinski definition) is 2. The molecule has 0 radical (unpaired) electrons. The molecule has 0 aliphatic carbocycles.